The maximum atomic E-state index is 14.0. The summed E-state index contributed by atoms with van der Waals surface area (Å²) >= 11 is 0. The number of ether oxygens (including phenoxy) is 1. The molecule has 3 heterocycles. The molecule has 178 valence electrons. The van der Waals surface area contributed by atoms with E-state index in [0.29, 0.717) is 23.8 Å². The van der Waals surface area contributed by atoms with Crippen LogP contribution >= 0.6 is 0 Å². The highest BCUT2D eigenvalue weighted by Gasteiger charge is 2.42. The van der Waals surface area contributed by atoms with Gasteiger partial charge in [0, 0.05) is 31.4 Å². The number of rotatable bonds is 7. The lowest BCUT2D eigenvalue weighted by Gasteiger charge is -2.36. The molecule has 1 aliphatic carbocycles. The maximum absolute atomic E-state index is 14.0. The predicted octanol–water partition coefficient (Wildman–Crippen LogP) is 3.70. The van der Waals surface area contributed by atoms with Gasteiger partial charge in [-0.25, -0.2) is 13.8 Å². The van der Waals surface area contributed by atoms with Gasteiger partial charge in [-0.3, -0.25) is 9.48 Å². The Bertz CT molecular complexity index is 1230. The summed E-state index contributed by atoms with van der Waals surface area (Å²) in [4.78, 5) is 19.2. The molecule has 2 aromatic heterocycles. The van der Waals surface area contributed by atoms with Crippen LogP contribution < -0.4 is 20.3 Å². The van der Waals surface area contributed by atoms with Crippen molar-refractivity contribution in [2.75, 3.05) is 29.7 Å². The number of carbonyl (C=O) groups is 1. The fraction of sp³-hybridized carbons (Fsp3) is 0.375. The highest BCUT2D eigenvalue weighted by atomic mass is 19.1. The number of nitrogens with one attached hydrogen (secondary N) is 2. The lowest BCUT2D eigenvalue weighted by atomic mass is 10.0. The Labute approximate surface area is 195 Å². The van der Waals surface area contributed by atoms with E-state index in [9.17, 15) is 13.6 Å². The van der Waals surface area contributed by atoms with E-state index >= 15 is 0 Å². The molecule has 0 spiro atoms. The van der Waals surface area contributed by atoms with Crippen LogP contribution in [0.3, 0.4) is 0 Å². The fourth-order valence-electron chi connectivity index (χ4n) is 4.51. The van der Waals surface area contributed by atoms with Gasteiger partial charge in [0.1, 0.15) is 11.9 Å². The van der Waals surface area contributed by atoms with Crippen molar-refractivity contribution < 1.29 is 18.3 Å². The first-order chi connectivity index (χ1) is 16.3. The summed E-state index contributed by atoms with van der Waals surface area (Å²) in [7, 11) is 3.19. The Morgan fingerprint density at radius 1 is 1.21 bits per heavy atom. The molecule has 5 rings (SSSR count). The Hall–Kier alpha value is -3.69. The van der Waals surface area contributed by atoms with E-state index in [2.05, 4.69) is 25.6 Å². The van der Waals surface area contributed by atoms with Crippen LogP contribution in [-0.4, -0.2) is 40.9 Å². The molecule has 1 fully saturated rings. The molecule has 34 heavy (non-hydrogen) atoms. The fourth-order valence-corrected chi connectivity index (χ4v) is 4.51. The SMILES string of the molecule is COc1c(F)cc(Cn2cc(CNc3cc4c(c(C)n3)NC(=O)C(C3CC3)N4C)cn2)cc1F. The average Bonchev–Trinajstić information content (AvgIpc) is 3.51. The number of carbonyl (C=O) groups excluding carboxylic acids is 1. The van der Waals surface area contributed by atoms with Crippen LogP contribution in [0.25, 0.3) is 0 Å². The van der Waals surface area contributed by atoms with E-state index in [-0.39, 0.29) is 18.5 Å². The van der Waals surface area contributed by atoms with E-state index in [1.165, 1.54) is 19.2 Å². The van der Waals surface area contributed by atoms with Gasteiger partial charge < -0.3 is 20.3 Å². The number of anilines is 3. The van der Waals surface area contributed by atoms with Gasteiger partial charge in [-0.1, -0.05) is 0 Å². The molecular formula is C24H26F2N6O2. The summed E-state index contributed by atoms with van der Waals surface area (Å²) in [6.45, 7) is 2.57. The molecule has 1 saturated carbocycles. The van der Waals surface area contributed by atoms with E-state index in [1.54, 1.807) is 10.9 Å². The van der Waals surface area contributed by atoms with Crippen molar-refractivity contribution in [1.82, 2.24) is 14.8 Å². The van der Waals surface area contributed by atoms with E-state index < -0.39 is 17.4 Å². The molecule has 0 saturated heterocycles. The molecule has 0 bridgehead atoms. The van der Waals surface area contributed by atoms with E-state index in [4.69, 9.17) is 4.74 Å². The molecular weight excluding hydrogens is 442 g/mol. The van der Waals surface area contributed by atoms with Crippen molar-refractivity contribution in [3.05, 3.63) is 59.0 Å². The summed E-state index contributed by atoms with van der Waals surface area (Å²) in [6.07, 6.45) is 5.66. The number of likely N-dealkylation sites (N-methyl/N-ethyl adjacent to an activating group) is 1. The lowest BCUT2D eigenvalue weighted by Crippen LogP contribution is -2.47. The van der Waals surface area contributed by atoms with Crippen LogP contribution in [0, 0.1) is 24.5 Å². The minimum atomic E-state index is -0.745. The molecule has 10 heteroatoms. The molecule has 2 aliphatic rings. The number of methoxy groups -OCH3 is 1. The summed E-state index contributed by atoms with van der Waals surface area (Å²) < 4.78 is 34.3. The summed E-state index contributed by atoms with van der Waals surface area (Å²) in [5, 5.41) is 10.6. The number of hydrogen-bond acceptors (Lipinski definition) is 6. The first-order valence-electron chi connectivity index (χ1n) is 11.2. The summed E-state index contributed by atoms with van der Waals surface area (Å²) in [5.74, 6) is -0.749. The van der Waals surface area contributed by atoms with Gasteiger partial charge in [0.25, 0.3) is 0 Å². The topological polar surface area (TPSA) is 84.3 Å². The van der Waals surface area contributed by atoms with Crippen molar-refractivity contribution in [1.29, 1.82) is 0 Å². The van der Waals surface area contributed by atoms with Crippen LogP contribution in [0.4, 0.5) is 26.0 Å². The first-order valence-corrected chi connectivity index (χ1v) is 11.2. The van der Waals surface area contributed by atoms with Crippen molar-refractivity contribution in [2.45, 2.75) is 38.9 Å². The van der Waals surface area contributed by atoms with Gasteiger partial charge in [-0.05, 0) is 43.4 Å². The molecule has 8 nitrogen and oxygen atoms in total. The quantitative estimate of drug-likeness (QED) is 0.550. The zero-order valence-corrected chi connectivity index (χ0v) is 19.2. The van der Waals surface area contributed by atoms with Crippen LogP contribution in [0.15, 0.2) is 30.6 Å². The van der Waals surface area contributed by atoms with Gasteiger partial charge in [0.15, 0.2) is 17.4 Å². The second-order valence-corrected chi connectivity index (χ2v) is 8.86. The molecule has 1 atom stereocenters. The zero-order valence-electron chi connectivity index (χ0n) is 19.2. The molecule has 2 N–H and O–H groups in total. The second-order valence-electron chi connectivity index (χ2n) is 8.86. The number of halogens is 2. The minimum absolute atomic E-state index is 0.0344. The lowest BCUT2D eigenvalue weighted by molar-refractivity contribution is -0.118. The largest absolute Gasteiger partial charge is 0.491 e. The van der Waals surface area contributed by atoms with Crippen LogP contribution in [0.5, 0.6) is 5.75 Å². The van der Waals surface area contributed by atoms with Crippen molar-refractivity contribution in [3.8, 4) is 5.75 Å². The van der Waals surface area contributed by atoms with E-state index in [1.807, 2.05) is 26.2 Å². The number of benzene rings is 1. The zero-order chi connectivity index (χ0) is 24.0. The first kappa shape index (κ1) is 22.1. The van der Waals surface area contributed by atoms with Crippen LogP contribution in [0.1, 0.15) is 29.7 Å². The van der Waals surface area contributed by atoms with Crippen LogP contribution in [-0.2, 0) is 17.9 Å². The molecule has 1 aromatic carbocycles. The number of fused-ring (bicyclic) bond motifs is 1. The molecule has 1 amide bonds. The van der Waals surface area contributed by atoms with Gasteiger partial charge in [-0.15, -0.1) is 0 Å². The maximum Gasteiger partial charge on any atom is 0.247 e. The van der Waals surface area contributed by atoms with Gasteiger partial charge in [-0.2, -0.15) is 5.10 Å². The summed E-state index contributed by atoms with van der Waals surface area (Å²) in [5.41, 5.74) is 3.78. The number of aromatic nitrogens is 3. The van der Waals surface area contributed by atoms with Gasteiger partial charge >= 0.3 is 0 Å². The highest BCUT2D eigenvalue weighted by Crippen LogP contribution is 2.43. The Kier molecular flexibility index (Phi) is 5.59. The summed E-state index contributed by atoms with van der Waals surface area (Å²) in [6, 6.07) is 4.29. The molecule has 1 aliphatic heterocycles. The van der Waals surface area contributed by atoms with Crippen molar-refractivity contribution >= 4 is 23.1 Å². The number of pyridine rings is 1. The highest BCUT2D eigenvalue weighted by molar-refractivity contribution is 6.04. The van der Waals surface area contributed by atoms with Crippen molar-refractivity contribution in [2.24, 2.45) is 5.92 Å². The minimum Gasteiger partial charge on any atom is -0.491 e. The average molecular weight is 469 g/mol. The predicted molar refractivity (Wildman–Crippen MR) is 124 cm³/mol. The third-order valence-corrected chi connectivity index (χ3v) is 6.33. The number of aryl methyl sites for hydroxylation is 1. The second kappa shape index (κ2) is 8.58. The smallest absolute Gasteiger partial charge is 0.247 e. The number of hydrogen-bond donors (Lipinski definition) is 2. The number of nitrogens with zero attached hydrogens (tertiary/aromatic N) is 4. The monoisotopic (exact) mass is 468 g/mol. The number of amides is 1. The molecule has 3 aromatic rings. The third kappa shape index (κ3) is 4.15. The Morgan fingerprint density at radius 2 is 1.94 bits per heavy atom. The Morgan fingerprint density at radius 3 is 2.62 bits per heavy atom. The Balaban J connectivity index is 1.28. The van der Waals surface area contributed by atoms with E-state index in [0.717, 1.165) is 35.5 Å². The normalized spacial score (nSPS) is 17.4. The molecule has 1 unspecified atom stereocenters. The van der Waals surface area contributed by atoms with Crippen LogP contribution in [0.2, 0.25) is 0 Å². The van der Waals surface area contributed by atoms with Crippen molar-refractivity contribution in [3.63, 3.8) is 0 Å². The third-order valence-electron chi connectivity index (χ3n) is 6.33. The van der Waals surface area contributed by atoms with Gasteiger partial charge in [0.05, 0.1) is 36.9 Å². The molecule has 0 radical (unpaired) electrons. The van der Waals surface area contributed by atoms with Gasteiger partial charge in [0.2, 0.25) is 5.91 Å². The standard InChI is InChI=1S/C24H26F2N6O2/c1-13-21-19(31(2)22(16-4-5-16)24(33)30-21)8-20(29-13)27-9-15-10-28-32(12-15)11-14-6-17(25)23(34-3)18(26)7-14/h6-8,10,12,16,22H,4-5,9,11H2,1-3H3,(H,27,29)(H,30,33).